The van der Waals surface area contributed by atoms with Gasteiger partial charge in [-0.25, -0.2) is 13.4 Å². The number of fused-ring (bicyclic) bond motifs is 2. The van der Waals surface area contributed by atoms with Crippen LogP contribution in [0.15, 0.2) is 89.8 Å². The van der Waals surface area contributed by atoms with Crippen molar-refractivity contribution in [2.24, 2.45) is 0 Å². The van der Waals surface area contributed by atoms with Crippen LogP contribution in [0.5, 0.6) is 5.75 Å². The minimum Gasteiger partial charge on any atom is -0.406 e. The third-order valence-electron chi connectivity index (χ3n) is 8.14. The molecular weight excluding hydrogens is 634 g/mol. The number of sulfonamides is 1. The maximum absolute atomic E-state index is 14.4. The van der Waals surface area contributed by atoms with Crippen LogP contribution >= 0.6 is 0 Å². The molecule has 0 bridgehead atoms. The zero-order valence-electron chi connectivity index (χ0n) is 23.8. The number of halogens is 6. The second-order valence-electron chi connectivity index (χ2n) is 11.0. The highest BCUT2D eigenvalue weighted by Gasteiger charge is 2.46. The lowest BCUT2D eigenvalue weighted by Gasteiger charge is -2.40. The van der Waals surface area contributed by atoms with Gasteiger partial charge in [-0.15, -0.1) is 13.2 Å². The molecule has 14 heteroatoms. The molecule has 6 rings (SSSR count). The standard InChI is InChI=1S/C32H24F6N4O3S/c33-31(34,35)27-15-10-22-19-42(46(43,44)24-13-11-23(12-14-24)45-32(36,37)38)28-25(30(20-39)16-5-17-30)8-4-9-26(28)41(29(22)40-27)18-21-6-2-1-3-7-21/h1-4,6-15H,5,16-19H2. The number of para-hydroxylation sites is 1. The molecule has 7 nitrogen and oxygen atoms in total. The molecular formula is C32H24F6N4O3S. The molecule has 3 aromatic carbocycles. The van der Waals surface area contributed by atoms with Gasteiger partial charge in [-0.05, 0) is 66.8 Å². The zero-order chi connectivity index (χ0) is 32.9. The van der Waals surface area contributed by atoms with Crippen molar-refractivity contribution in [2.75, 3.05) is 9.21 Å². The Balaban J connectivity index is 1.60. The van der Waals surface area contributed by atoms with E-state index in [2.05, 4.69) is 15.8 Å². The van der Waals surface area contributed by atoms with Crippen molar-refractivity contribution < 1.29 is 39.5 Å². The number of pyridine rings is 1. The summed E-state index contributed by atoms with van der Waals surface area (Å²) in [6.45, 7) is -0.462. The number of ether oxygens (including phenoxy) is 1. The first-order chi connectivity index (χ1) is 21.7. The number of nitriles is 1. The van der Waals surface area contributed by atoms with Gasteiger partial charge in [0.05, 0.1) is 34.3 Å². The van der Waals surface area contributed by atoms with E-state index in [0.29, 0.717) is 30.4 Å². The van der Waals surface area contributed by atoms with Crippen LogP contribution in [-0.4, -0.2) is 19.8 Å². The first kappa shape index (κ1) is 31.2. The quantitative estimate of drug-likeness (QED) is 0.195. The molecule has 4 aromatic rings. The highest BCUT2D eigenvalue weighted by molar-refractivity contribution is 7.92. The Morgan fingerprint density at radius 1 is 0.891 bits per heavy atom. The summed E-state index contributed by atoms with van der Waals surface area (Å²) in [5.74, 6) is -0.757. The Kier molecular flexibility index (Phi) is 7.63. The lowest BCUT2D eigenvalue weighted by molar-refractivity contribution is -0.274. The number of nitrogens with zero attached hydrogens (tertiary/aromatic N) is 4. The van der Waals surface area contributed by atoms with E-state index >= 15 is 0 Å². The van der Waals surface area contributed by atoms with Crippen LogP contribution in [0.2, 0.25) is 0 Å². The third-order valence-corrected chi connectivity index (χ3v) is 9.90. The second-order valence-corrected chi connectivity index (χ2v) is 12.9. The third kappa shape index (κ3) is 5.71. The molecule has 1 aromatic heterocycles. The van der Waals surface area contributed by atoms with Gasteiger partial charge in [0.15, 0.2) is 0 Å². The summed E-state index contributed by atoms with van der Waals surface area (Å²) in [5, 5.41) is 10.3. The van der Waals surface area contributed by atoms with Crippen molar-refractivity contribution in [3.63, 3.8) is 0 Å². The predicted molar refractivity (Wildman–Crippen MR) is 156 cm³/mol. The van der Waals surface area contributed by atoms with Crippen LogP contribution in [0, 0.1) is 11.3 Å². The summed E-state index contributed by atoms with van der Waals surface area (Å²) < 4.78 is 114. The van der Waals surface area contributed by atoms with Crippen molar-refractivity contribution >= 4 is 27.2 Å². The van der Waals surface area contributed by atoms with E-state index < -0.39 is 46.0 Å². The van der Waals surface area contributed by atoms with Crippen LogP contribution < -0.4 is 13.9 Å². The minimum absolute atomic E-state index is 0.00945. The first-order valence-electron chi connectivity index (χ1n) is 14.0. The molecule has 0 spiro atoms. The lowest BCUT2D eigenvalue weighted by Crippen LogP contribution is -2.37. The van der Waals surface area contributed by atoms with Crippen LogP contribution in [-0.2, 0) is 34.7 Å². The Bertz CT molecular complexity index is 1920. The number of hydrogen-bond donors (Lipinski definition) is 0. The van der Waals surface area contributed by atoms with Gasteiger partial charge >= 0.3 is 12.5 Å². The van der Waals surface area contributed by atoms with Crippen molar-refractivity contribution in [1.29, 1.82) is 5.26 Å². The summed E-state index contributed by atoms with van der Waals surface area (Å²) >= 11 is 0. The van der Waals surface area contributed by atoms with Gasteiger partial charge in [0, 0.05) is 12.1 Å². The number of rotatable bonds is 6. The molecule has 0 N–H and O–H groups in total. The average Bonchev–Trinajstić information content (AvgIpc) is 3.12. The van der Waals surface area contributed by atoms with E-state index in [1.807, 2.05) is 0 Å². The molecule has 2 aliphatic rings. The maximum atomic E-state index is 14.4. The summed E-state index contributed by atoms with van der Waals surface area (Å²) in [6.07, 6.45) is -8.23. The van der Waals surface area contributed by atoms with E-state index in [4.69, 9.17) is 0 Å². The highest BCUT2D eigenvalue weighted by Crippen LogP contribution is 2.53. The zero-order valence-corrected chi connectivity index (χ0v) is 24.6. The minimum atomic E-state index is -5.00. The summed E-state index contributed by atoms with van der Waals surface area (Å²) in [6, 6.07) is 21.6. The topological polar surface area (TPSA) is 86.5 Å². The number of benzene rings is 3. The Hall–Kier alpha value is -4.77. The summed E-state index contributed by atoms with van der Waals surface area (Å²) in [7, 11) is -4.60. The largest absolute Gasteiger partial charge is 0.573 e. The van der Waals surface area contributed by atoms with Crippen molar-refractivity contribution in [3.05, 3.63) is 107 Å². The fraction of sp³-hybridized carbons (Fsp3) is 0.250. The molecule has 0 radical (unpaired) electrons. The predicted octanol–water partition coefficient (Wildman–Crippen LogP) is 7.99. The number of alkyl halides is 6. The van der Waals surface area contributed by atoms with Crippen LogP contribution in [0.1, 0.15) is 41.6 Å². The Morgan fingerprint density at radius 2 is 1.59 bits per heavy atom. The lowest BCUT2D eigenvalue weighted by atomic mass is 9.65. The SMILES string of the molecule is N#CC1(c2cccc3c2N(S(=O)(=O)c2ccc(OC(F)(F)F)cc2)Cc2ccc(C(F)(F)F)nc2N3Cc2ccccc2)CCC1. The molecule has 46 heavy (non-hydrogen) atoms. The van der Waals surface area contributed by atoms with E-state index in [-0.39, 0.29) is 34.2 Å². The van der Waals surface area contributed by atoms with Gasteiger partial charge in [0.25, 0.3) is 10.0 Å². The van der Waals surface area contributed by atoms with Crippen molar-refractivity contribution in [2.45, 2.75) is 55.2 Å². The molecule has 1 fully saturated rings. The van der Waals surface area contributed by atoms with Gasteiger partial charge < -0.3 is 9.64 Å². The van der Waals surface area contributed by atoms with Gasteiger partial charge in [-0.3, -0.25) is 4.31 Å². The van der Waals surface area contributed by atoms with E-state index in [0.717, 1.165) is 34.6 Å². The number of aromatic nitrogens is 1. The molecule has 1 saturated carbocycles. The fourth-order valence-corrected chi connectivity index (χ4v) is 7.26. The Morgan fingerprint density at radius 3 is 2.17 bits per heavy atom. The first-order valence-corrected chi connectivity index (χ1v) is 15.5. The smallest absolute Gasteiger partial charge is 0.406 e. The van der Waals surface area contributed by atoms with Gasteiger partial charge in [-0.2, -0.15) is 18.4 Å². The molecule has 0 unspecified atom stereocenters. The Labute approximate surface area is 260 Å². The monoisotopic (exact) mass is 658 g/mol. The van der Waals surface area contributed by atoms with Crippen LogP contribution in [0.3, 0.4) is 0 Å². The van der Waals surface area contributed by atoms with Crippen LogP contribution in [0.4, 0.5) is 43.5 Å². The molecule has 0 saturated heterocycles. The molecule has 1 aliphatic carbocycles. The maximum Gasteiger partial charge on any atom is 0.573 e. The molecule has 0 atom stereocenters. The van der Waals surface area contributed by atoms with Gasteiger partial charge in [0.1, 0.15) is 17.3 Å². The fourth-order valence-electron chi connectivity index (χ4n) is 5.78. The normalized spacial score (nSPS) is 16.0. The number of hydrogen-bond acceptors (Lipinski definition) is 6. The molecule has 238 valence electrons. The number of anilines is 3. The summed E-state index contributed by atoms with van der Waals surface area (Å²) in [4.78, 5) is 5.12. The van der Waals surface area contributed by atoms with Crippen molar-refractivity contribution in [1.82, 2.24) is 4.98 Å². The highest BCUT2D eigenvalue weighted by atomic mass is 32.2. The van der Waals surface area contributed by atoms with Crippen LogP contribution in [0.25, 0.3) is 0 Å². The van der Waals surface area contributed by atoms with Gasteiger partial charge in [0.2, 0.25) is 0 Å². The summed E-state index contributed by atoms with van der Waals surface area (Å²) in [5.41, 5.74) is -0.739. The van der Waals surface area contributed by atoms with E-state index in [1.54, 1.807) is 48.5 Å². The van der Waals surface area contributed by atoms with Crippen molar-refractivity contribution in [3.8, 4) is 11.8 Å². The van der Waals surface area contributed by atoms with E-state index in [9.17, 15) is 40.0 Å². The van der Waals surface area contributed by atoms with Gasteiger partial charge in [-0.1, -0.05) is 48.5 Å². The molecule has 1 aliphatic heterocycles. The molecule has 0 amide bonds. The van der Waals surface area contributed by atoms with E-state index in [1.165, 1.54) is 11.0 Å². The second kappa shape index (κ2) is 11.2. The molecule has 2 heterocycles. The average molecular weight is 659 g/mol.